The van der Waals surface area contributed by atoms with E-state index in [1.807, 2.05) is 67.6 Å². The SMILES string of the molecule is C=CC.CC1(C)c2ccccc2-n2c1cc1c2ccc2c3ccccc3n(-c3ccc(-c4cccc(-c5nc(-c6ccccc6)nc(-c6ccccc6)n5)c4)cc3)c21. The number of aromatic nitrogens is 5. The van der Waals surface area contributed by atoms with Gasteiger partial charge in [-0.3, -0.25) is 0 Å². The van der Waals surface area contributed by atoms with E-state index in [1.54, 1.807) is 6.08 Å². The van der Waals surface area contributed by atoms with Crippen LogP contribution >= 0.6 is 0 Å². The number of benzene rings is 7. The molecule has 10 aromatic rings. The van der Waals surface area contributed by atoms with Crippen molar-refractivity contribution >= 4 is 32.7 Å². The molecule has 0 bridgehead atoms. The minimum Gasteiger partial charge on any atom is -0.312 e. The standard InChI is InChI=1S/C50H35N5.C3H6/c1-50(2)41-21-10-12-23-44(41)55-43-29-28-39-38-20-9-11-22-42(38)54(46(39)40(43)31-45(50)55)37-26-24-32(25-27-37)35-18-13-19-36(30-35)49-52-47(33-14-5-3-6-15-33)51-48(53-49)34-16-7-4-8-17-34;1-3-2/h3-31H,1-2H3;3H,1H2,2H3. The van der Waals surface area contributed by atoms with Crippen LogP contribution in [-0.4, -0.2) is 24.1 Å². The van der Waals surface area contributed by atoms with Crippen LogP contribution in [0.2, 0.25) is 0 Å². The number of allylic oxidation sites excluding steroid dienone is 1. The number of hydrogen-bond acceptors (Lipinski definition) is 3. The maximum absolute atomic E-state index is 4.98. The van der Waals surface area contributed by atoms with Gasteiger partial charge in [0.15, 0.2) is 17.5 Å². The molecule has 0 saturated heterocycles. The lowest BCUT2D eigenvalue weighted by Crippen LogP contribution is -2.14. The van der Waals surface area contributed by atoms with Crippen LogP contribution in [0.5, 0.6) is 0 Å². The summed E-state index contributed by atoms with van der Waals surface area (Å²) in [5.74, 6) is 1.95. The van der Waals surface area contributed by atoms with Crippen LogP contribution in [0, 0.1) is 0 Å². The van der Waals surface area contributed by atoms with E-state index in [1.165, 1.54) is 49.7 Å². The Morgan fingerprint density at radius 3 is 1.71 bits per heavy atom. The monoisotopic (exact) mass is 747 g/mol. The molecule has 3 aromatic heterocycles. The predicted molar refractivity (Wildman–Crippen MR) is 241 cm³/mol. The molecule has 0 aliphatic carbocycles. The van der Waals surface area contributed by atoms with Crippen LogP contribution in [0.1, 0.15) is 32.0 Å². The van der Waals surface area contributed by atoms with Crippen molar-refractivity contribution in [3.63, 3.8) is 0 Å². The lowest BCUT2D eigenvalue weighted by molar-refractivity contribution is 0.645. The zero-order valence-electron chi connectivity index (χ0n) is 32.8. The molecule has 0 radical (unpaired) electrons. The highest BCUT2D eigenvalue weighted by molar-refractivity contribution is 6.19. The van der Waals surface area contributed by atoms with Gasteiger partial charge in [-0.2, -0.15) is 0 Å². The van der Waals surface area contributed by atoms with Gasteiger partial charge in [0, 0.05) is 55.3 Å². The second kappa shape index (κ2) is 14.0. The van der Waals surface area contributed by atoms with Gasteiger partial charge in [0.25, 0.3) is 0 Å². The maximum Gasteiger partial charge on any atom is 0.164 e. The summed E-state index contributed by atoms with van der Waals surface area (Å²) in [6.07, 6.45) is 1.75. The normalized spacial score (nSPS) is 12.6. The maximum atomic E-state index is 4.98. The molecule has 0 fully saturated rings. The van der Waals surface area contributed by atoms with Gasteiger partial charge in [-0.1, -0.05) is 153 Å². The van der Waals surface area contributed by atoms with Crippen LogP contribution in [0.25, 0.3) is 89.4 Å². The Morgan fingerprint density at radius 2 is 1.02 bits per heavy atom. The van der Waals surface area contributed by atoms with Gasteiger partial charge in [-0.25, -0.2) is 15.0 Å². The Balaban J connectivity index is 0.00000132. The van der Waals surface area contributed by atoms with Crippen molar-refractivity contribution in [2.75, 3.05) is 0 Å². The molecule has 0 spiro atoms. The van der Waals surface area contributed by atoms with Crippen LogP contribution in [0.3, 0.4) is 0 Å². The molecule has 278 valence electrons. The van der Waals surface area contributed by atoms with Crippen molar-refractivity contribution < 1.29 is 0 Å². The highest BCUT2D eigenvalue weighted by atomic mass is 15.1. The van der Waals surface area contributed by atoms with Crippen LogP contribution in [0.15, 0.2) is 189 Å². The van der Waals surface area contributed by atoms with Gasteiger partial charge in [-0.15, -0.1) is 6.58 Å². The second-order valence-corrected chi connectivity index (χ2v) is 15.3. The first-order chi connectivity index (χ1) is 28.4. The van der Waals surface area contributed by atoms with Crippen LogP contribution in [-0.2, 0) is 5.41 Å². The van der Waals surface area contributed by atoms with E-state index < -0.39 is 0 Å². The number of hydrogen-bond donors (Lipinski definition) is 0. The molecule has 0 saturated carbocycles. The molecule has 1 aliphatic rings. The Kier molecular flexibility index (Phi) is 8.45. The molecular weight excluding hydrogens is 707 g/mol. The lowest BCUT2D eigenvalue weighted by atomic mass is 9.83. The summed E-state index contributed by atoms with van der Waals surface area (Å²) < 4.78 is 4.92. The van der Waals surface area contributed by atoms with E-state index in [0.29, 0.717) is 17.5 Å². The Hall–Kier alpha value is -7.37. The predicted octanol–water partition coefficient (Wildman–Crippen LogP) is 13.4. The average Bonchev–Trinajstić information content (AvgIpc) is 3.91. The minimum atomic E-state index is -0.0947. The van der Waals surface area contributed by atoms with Gasteiger partial charge < -0.3 is 9.13 Å². The average molecular weight is 748 g/mol. The number of rotatable bonds is 5. The number of nitrogens with zero attached hydrogens (tertiary/aromatic N) is 5. The zero-order chi connectivity index (χ0) is 39.4. The molecule has 0 atom stereocenters. The fourth-order valence-electron chi connectivity index (χ4n) is 8.64. The van der Waals surface area contributed by atoms with Crippen molar-refractivity contribution in [1.29, 1.82) is 0 Å². The fourth-order valence-corrected chi connectivity index (χ4v) is 8.64. The van der Waals surface area contributed by atoms with Gasteiger partial charge in [0.1, 0.15) is 0 Å². The molecule has 7 aromatic carbocycles. The van der Waals surface area contributed by atoms with E-state index in [0.717, 1.165) is 33.5 Å². The smallest absolute Gasteiger partial charge is 0.164 e. The first kappa shape index (κ1) is 35.1. The molecule has 1 aliphatic heterocycles. The molecular formula is C53H41N5. The quantitative estimate of drug-likeness (QED) is 0.165. The van der Waals surface area contributed by atoms with E-state index in [4.69, 9.17) is 15.0 Å². The first-order valence-corrected chi connectivity index (χ1v) is 19.8. The minimum absolute atomic E-state index is 0.0947. The van der Waals surface area contributed by atoms with Crippen molar-refractivity contribution in [3.05, 3.63) is 200 Å². The highest BCUT2D eigenvalue weighted by Crippen LogP contribution is 2.48. The third-order valence-electron chi connectivity index (χ3n) is 11.4. The summed E-state index contributed by atoms with van der Waals surface area (Å²) in [5.41, 5.74) is 13.7. The number of fused-ring (bicyclic) bond motifs is 9. The number of para-hydroxylation sites is 2. The fraction of sp³-hybridized carbons (Fsp3) is 0.0755. The largest absolute Gasteiger partial charge is 0.312 e. The molecule has 11 rings (SSSR count). The van der Waals surface area contributed by atoms with Gasteiger partial charge >= 0.3 is 0 Å². The molecule has 4 heterocycles. The summed E-state index contributed by atoms with van der Waals surface area (Å²) >= 11 is 0. The first-order valence-electron chi connectivity index (χ1n) is 19.8. The van der Waals surface area contributed by atoms with Crippen molar-refractivity contribution in [1.82, 2.24) is 24.1 Å². The Morgan fingerprint density at radius 1 is 0.466 bits per heavy atom. The Labute approximate surface area is 338 Å². The van der Waals surface area contributed by atoms with Crippen LogP contribution < -0.4 is 0 Å². The van der Waals surface area contributed by atoms with Gasteiger partial charge in [-0.05, 0) is 66.1 Å². The van der Waals surface area contributed by atoms with Gasteiger partial charge in [0.05, 0.1) is 16.6 Å². The highest BCUT2D eigenvalue weighted by Gasteiger charge is 2.37. The van der Waals surface area contributed by atoms with Crippen molar-refractivity contribution in [2.45, 2.75) is 26.2 Å². The summed E-state index contributed by atoms with van der Waals surface area (Å²) in [6, 6.07) is 62.3. The summed E-state index contributed by atoms with van der Waals surface area (Å²) in [4.78, 5) is 14.8. The zero-order valence-corrected chi connectivity index (χ0v) is 32.8. The molecule has 0 N–H and O–H groups in total. The van der Waals surface area contributed by atoms with Gasteiger partial charge in [0.2, 0.25) is 0 Å². The topological polar surface area (TPSA) is 48.5 Å². The Bertz CT molecular complexity index is 3090. The third kappa shape index (κ3) is 5.66. The molecule has 58 heavy (non-hydrogen) atoms. The third-order valence-corrected chi connectivity index (χ3v) is 11.4. The van der Waals surface area contributed by atoms with E-state index in [2.05, 4.69) is 145 Å². The molecule has 5 heteroatoms. The molecule has 5 nitrogen and oxygen atoms in total. The lowest BCUT2D eigenvalue weighted by Gasteiger charge is -2.18. The van der Waals surface area contributed by atoms with Crippen LogP contribution in [0.4, 0.5) is 0 Å². The molecule has 0 unspecified atom stereocenters. The van der Waals surface area contributed by atoms with Crippen molar-refractivity contribution in [2.24, 2.45) is 0 Å². The van der Waals surface area contributed by atoms with Crippen molar-refractivity contribution in [3.8, 4) is 56.7 Å². The second-order valence-electron chi connectivity index (χ2n) is 15.3. The van der Waals surface area contributed by atoms with E-state index >= 15 is 0 Å². The summed E-state index contributed by atoms with van der Waals surface area (Å²) in [7, 11) is 0. The van der Waals surface area contributed by atoms with E-state index in [9.17, 15) is 0 Å². The summed E-state index contributed by atoms with van der Waals surface area (Å²) in [5, 5.41) is 3.78. The molecule has 0 amide bonds. The van der Waals surface area contributed by atoms with E-state index in [-0.39, 0.29) is 5.41 Å². The summed E-state index contributed by atoms with van der Waals surface area (Å²) in [6.45, 7) is 9.93.